The Morgan fingerprint density at radius 3 is 2.50 bits per heavy atom. The maximum absolute atomic E-state index is 12.9. The van der Waals surface area contributed by atoms with Crippen LogP contribution in [-0.4, -0.2) is 30.3 Å². The predicted octanol–water partition coefficient (Wildman–Crippen LogP) is 5.57. The fraction of sp³-hybridized carbons (Fsp3) is 0.240. The molecule has 176 valence electrons. The third-order valence-corrected chi connectivity index (χ3v) is 6.09. The van der Waals surface area contributed by atoms with Crippen molar-refractivity contribution in [2.45, 2.75) is 27.4 Å². The maximum Gasteiger partial charge on any atom is 0.257 e. The van der Waals surface area contributed by atoms with Crippen molar-refractivity contribution in [1.29, 1.82) is 0 Å². The number of carbonyl (C=O) groups excluding carboxylic acids is 1. The fourth-order valence-corrected chi connectivity index (χ4v) is 4.14. The highest BCUT2D eigenvalue weighted by atomic mass is 32.1. The number of anilines is 1. The molecule has 0 bridgehead atoms. The SMILES string of the molecule is COc1cc(C(=O)Nc2nc(-c3cc(C)ccc3OC)cs2)ccc1OCc1c(C)noc1C. The lowest BCUT2D eigenvalue weighted by molar-refractivity contribution is 0.102. The number of thiazole rings is 1. The lowest BCUT2D eigenvalue weighted by Gasteiger charge is -2.12. The van der Waals surface area contributed by atoms with Gasteiger partial charge in [-0.15, -0.1) is 11.3 Å². The van der Waals surface area contributed by atoms with Crippen LogP contribution in [0.25, 0.3) is 11.3 Å². The molecule has 0 unspecified atom stereocenters. The van der Waals surface area contributed by atoms with E-state index >= 15 is 0 Å². The minimum absolute atomic E-state index is 0.285. The Hall–Kier alpha value is -3.85. The average Bonchev–Trinajstić information content (AvgIpc) is 3.43. The van der Waals surface area contributed by atoms with Crippen molar-refractivity contribution in [2.75, 3.05) is 19.5 Å². The van der Waals surface area contributed by atoms with E-state index < -0.39 is 0 Å². The summed E-state index contributed by atoms with van der Waals surface area (Å²) in [5, 5.41) is 9.16. The monoisotopic (exact) mass is 479 g/mol. The zero-order valence-corrected chi connectivity index (χ0v) is 20.4. The van der Waals surface area contributed by atoms with Gasteiger partial charge in [-0.25, -0.2) is 4.98 Å². The molecule has 0 fully saturated rings. The van der Waals surface area contributed by atoms with Gasteiger partial charge in [-0.1, -0.05) is 16.8 Å². The summed E-state index contributed by atoms with van der Waals surface area (Å²) < 4.78 is 22.0. The summed E-state index contributed by atoms with van der Waals surface area (Å²) in [6.07, 6.45) is 0. The molecule has 1 amide bonds. The number of amides is 1. The Kier molecular flexibility index (Phi) is 6.83. The van der Waals surface area contributed by atoms with Gasteiger partial charge in [0.1, 0.15) is 18.1 Å². The van der Waals surface area contributed by atoms with Crippen molar-refractivity contribution >= 4 is 22.4 Å². The number of hydrogen-bond donors (Lipinski definition) is 1. The first-order chi connectivity index (χ1) is 16.4. The number of aryl methyl sites for hydroxylation is 3. The molecule has 0 saturated heterocycles. The number of nitrogens with one attached hydrogen (secondary N) is 1. The van der Waals surface area contributed by atoms with Crippen LogP contribution in [0.2, 0.25) is 0 Å². The second-order valence-corrected chi connectivity index (χ2v) is 8.51. The van der Waals surface area contributed by atoms with Crippen LogP contribution in [-0.2, 0) is 6.61 Å². The van der Waals surface area contributed by atoms with E-state index in [1.807, 2.05) is 44.4 Å². The highest BCUT2D eigenvalue weighted by molar-refractivity contribution is 7.14. The Bertz CT molecular complexity index is 1310. The number of nitrogens with zero attached hydrogens (tertiary/aromatic N) is 2. The number of carbonyl (C=O) groups is 1. The van der Waals surface area contributed by atoms with Gasteiger partial charge in [0.05, 0.1) is 31.2 Å². The van der Waals surface area contributed by atoms with Crippen molar-refractivity contribution in [3.63, 3.8) is 0 Å². The summed E-state index contributed by atoms with van der Waals surface area (Å²) in [7, 11) is 3.15. The highest BCUT2D eigenvalue weighted by Crippen LogP contribution is 2.34. The van der Waals surface area contributed by atoms with Crippen LogP contribution in [0.4, 0.5) is 5.13 Å². The molecule has 2 heterocycles. The smallest absolute Gasteiger partial charge is 0.257 e. The minimum atomic E-state index is -0.298. The fourth-order valence-electron chi connectivity index (χ4n) is 3.43. The van der Waals surface area contributed by atoms with Gasteiger partial charge in [-0.3, -0.25) is 10.1 Å². The minimum Gasteiger partial charge on any atom is -0.496 e. The molecule has 0 aliphatic heterocycles. The third-order valence-electron chi connectivity index (χ3n) is 5.33. The molecule has 0 aliphatic carbocycles. The molecule has 0 radical (unpaired) electrons. The van der Waals surface area contributed by atoms with Gasteiger partial charge < -0.3 is 18.7 Å². The highest BCUT2D eigenvalue weighted by Gasteiger charge is 2.16. The van der Waals surface area contributed by atoms with E-state index in [0.29, 0.717) is 28.0 Å². The number of benzene rings is 2. The van der Waals surface area contributed by atoms with Crippen LogP contribution in [0, 0.1) is 20.8 Å². The van der Waals surface area contributed by atoms with Crippen LogP contribution >= 0.6 is 11.3 Å². The van der Waals surface area contributed by atoms with Crippen LogP contribution in [0.1, 0.15) is 32.9 Å². The van der Waals surface area contributed by atoms with Crippen LogP contribution < -0.4 is 19.5 Å². The third kappa shape index (κ3) is 4.89. The molecule has 8 nitrogen and oxygen atoms in total. The Morgan fingerprint density at radius 2 is 1.79 bits per heavy atom. The van der Waals surface area contributed by atoms with E-state index in [1.54, 1.807) is 25.3 Å². The van der Waals surface area contributed by atoms with Gasteiger partial charge in [0.25, 0.3) is 5.91 Å². The molecule has 4 aromatic rings. The second-order valence-electron chi connectivity index (χ2n) is 7.65. The van der Waals surface area contributed by atoms with E-state index in [4.69, 9.17) is 18.7 Å². The van der Waals surface area contributed by atoms with Crippen molar-refractivity contribution in [2.24, 2.45) is 0 Å². The molecule has 0 spiro atoms. The quantitative estimate of drug-likeness (QED) is 0.353. The molecular formula is C25H25N3O5S. The first-order valence-electron chi connectivity index (χ1n) is 10.5. The zero-order valence-electron chi connectivity index (χ0n) is 19.6. The molecule has 2 aromatic heterocycles. The number of ether oxygens (including phenoxy) is 3. The lowest BCUT2D eigenvalue weighted by Crippen LogP contribution is -2.12. The van der Waals surface area contributed by atoms with Gasteiger partial charge in [0.2, 0.25) is 0 Å². The van der Waals surface area contributed by atoms with Crippen molar-refractivity contribution in [1.82, 2.24) is 10.1 Å². The largest absolute Gasteiger partial charge is 0.496 e. The lowest BCUT2D eigenvalue weighted by atomic mass is 10.1. The number of rotatable bonds is 8. The first kappa shape index (κ1) is 23.3. The van der Waals surface area contributed by atoms with Crippen LogP contribution in [0.5, 0.6) is 17.2 Å². The van der Waals surface area contributed by atoms with Gasteiger partial charge in [-0.2, -0.15) is 0 Å². The van der Waals surface area contributed by atoms with Crippen LogP contribution in [0.3, 0.4) is 0 Å². The molecule has 0 atom stereocenters. The second kappa shape index (κ2) is 9.96. The summed E-state index contributed by atoms with van der Waals surface area (Å²) in [4.78, 5) is 17.4. The molecule has 0 aliphatic rings. The van der Waals surface area contributed by atoms with Crippen LogP contribution in [0.15, 0.2) is 46.3 Å². The van der Waals surface area contributed by atoms with Gasteiger partial charge in [-0.05, 0) is 51.1 Å². The normalized spacial score (nSPS) is 10.7. The Morgan fingerprint density at radius 1 is 1.03 bits per heavy atom. The summed E-state index contributed by atoms with van der Waals surface area (Å²) in [6, 6.07) is 10.9. The van der Waals surface area contributed by atoms with E-state index in [-0.39, 0.29) is 12.5 Å². The van der Waals surface area contributed by atoms with Crippen molar-refractivity contribution in [3.8, 4) is 28.5 Å². The van der Waals surface area contributed by atoms with Gasteiger partial charge in [0.15, 0.2) is 16.6 Å². The number of aromatic nitrogens is 2. The zero-order chi connectivity index (χ0) is 24.2. The summed E-state index contributed by atoms with van der Waals surface area (Å²) in [5.74, 6) is 2.10. The molecule has 2 aromatic carbocycles. The standard InChI is InChI=1S/C25H25N3O5S/c1-14-6-8-21(30-4)18(10-14)20-13-34-25(26-20)27-24(29)17-7-9-22(23(11-17)31-5)32-12-19-15(2)28-33-16(19)3/h6-11,13H,12H2,1-5H3,(H,26,27,29). The predicted molar refractivity (Wildman–Crippen MR) is 130 cm³/mol. The molecule has 4 rings (SSSR count). The van der Waals surface area contributed by atoms with E-state index in [2.05, 4.69) is 15.5 Å². The first-order valence-corrected chi connectivity index (χ1v) is 11.4. The maximum atomic E-state index is 12.9. The Balaban J connectivity index is 1.48. The molecule has 34 heavy (non-hydrogen) atoms. The van der Waals surface area contributed by atoms with E-state index in [9.17, 15) is 4.79 Å². The van der Waals surface area contributed by atoms with E-state index in [1.165, 1.54) is 18.4 Å². The molecule has 9 heteroatoms. The Labute approximate surface area is 201 Å². The summed E-state index contributed by atoms with van der Waals surface area (Å²) in [6.45, 7) is 5.99. The molecular weight excluding hydrogens is 454 g/mol. The van der Waals surface area contributed by atoms with Crippen molar-refractivity contribution in [3.05, 3.63) is 69.9 Å². The molecule has 1 N–H and O–H groups in total. The summed E-state index contributed by atoms with van der Waals surface area (Å²) in [5.41, 5.74) is 4.79. The average molecular weight is 480 g/mol. The number of methoxy groups -OCH3 is 2. The topological polar surface area (TPSA) is 95.7 Å². The van der Waals surface area contributed by atoms with Gasteiger partial charge in [0, 0.05) is 16.5 Å². The molecule has 0 saturated carbocycles. The van der Waals surface area contributed by atoms with E-state index in [0.717, 1.165) is 33.8 Å². The van der Waals surface area contributed by atoms with Crippen molar-refractivity contribution < 1.29 is 23.5 Å². The summed E-state index contributed by atoms with van der Waals surface area (Å²) >= 11 is 1.35. The van der Waals surface area contributed by atoms with Gasteiger partial charge >= 0.3 is 0 Å². The number of hydrogen-bond acceptors (Lipinski definition) is 8.